The van der Waals surface area contributed by atoms with Gasteiger partial charge in [-0.2, -0.15) is 15.3 Å². The normalized spacial score (nSPS) is 14.0. The van der Waals surface area contributed by atoms with Gasteiger partial charge >= 0.3 is 17.9 Å². The van der Waals surface area contributed by atoms with Crippen LogP contribution in [0.4, 0.5) is 0 Å². The Morgan fingerprint density at radius 1 is 0.496 bits per heavy atom. The first kappa shape index (κ1) is 95.2. The number of esters is 1. The number of ether oxygens (including phenoxy) is 7. The Hall–Kier alpha value is -10.7. The van der Waals surface area contributed by atoms with Gasteiger partial charge in [-0.3, -0.25) is 57.2 Å². The lowest BCUT2D eigenvalue weighted by molar-refractivity contribution is -0.146. The van der Waals surface area contributed by atoms with Crippen molar-refractivity contribution in [1.82, 2.24) is 60.8 Å². The molecule has 0 bridgehead atoms. The molecule has 6 aromatic rings. The summed E-state index contributed by atoms with van der Waals surface area (Å²) in [5.74, 6) is 0.539. The van der Waals surface area contributed by atoms with Crippen molar-refractivity contribution < 1.29 is 86.5 Å². The molecular weight excluding hydrogens is 1500 g/mol. The Morgan fingerprint density at radius 2 is 0.863 bits per heavy atom. The smallest absolute Gasteiger partial charge is 0.325 e. The molecule has 2 aliphatic rings. The van der Waals surface area contributed by atoms with Gasteiger partial charge in [-0.05, 0) is 129 Å². The first-order valence-electron chi connectivity index (χ1n) is 41.1. The summed E-state index contributed by atoms with van der Waals surface area (Å²) >= 11 is 0. The quantitative estimate of drug-likeness (QED) is 0.0175. The van der Waals surface area contributed by atoms with Crippen LogP contribution in [0.3, 0.4) is 0 Å². The van der Waals surface area contributed by atoms with Crippen molar-refractivity contribution in [3.63, 3.8) is 0 Å². The second-order valence-electron chi connectivity index (χ2n) is 31.4. The Labute approximate surface area is 689 Å². The molecule has 117 heavy (non-hydrogen) atoms. The van der Waals surface area contributed by atoms with Crippen LogP contribution in [0.25, 0.3) is 33.8 Å². The van der Waals surface area contributed by atoms with E-state index in [2.05, 4.69) is 83.1 Å². The highest BCUT2D eigenvalue weighted by molar-refractivity contribution is 5.98. The number of amides is 6. The number of nitrogens with one attached hydrogen (secondary N) is 5. The minimum atomic E-state index is -1.11. The van der Waals surface area contributed by atoms with Crippen molar-refractivity contribution >= 4 is 53.4 Å². The van der Waals surface area contributed by atoms with E-state index >= 15 is 0 Å². The maximum absolute atomic E-state index is 13.6. The Balaban J connectivity index is 0.000000273. The van der Waals surface area contributed by atoms with Gasteiger partial charge in [0.2, 0.25) is 17.7 Å². The van der Waals surface area contributed by atoms with Gasteiger partial charge in [0, 0.05) is 45.1 Å². The lowest BCUT2D eigenvalue weighted by Crippen LogP contribution is -2.49. The van der Waals surface area contributed by atoms with E-state index in [4.69, 9.17) is 43.7 Å². The SMILES string of the molecule is CCC(CC)Cn1nc(C(=O)N[C@@H](CC(C)C)C(=O)N(C)CC(=O)OC)cc1-c1c(OC)cccc1OC.COc1cccc(OC)c1-c1cc(C(=O)N[C@@H](CCC2CCCCC2)CC(=O)NCC(=O)O)nn1C(C)C(C)C.COc1cccc(OC)c1-c1cc(C(=O)N[C@@H](CCC2CCCCC2)CC(=O)NCC(=O)O)nn1CC(C)C. The molecule has 2 saturated carbocycles. The molecule has 3 heterocycles. The van der Waals surface area contributed by atoms with Gasteiger partial charge < -0.3 is 74.9 Å². The van der Waals surface area contributed by atoms with Crippen LogP contribution in [-0.2, 0) is 46.6 Å². The molecule has 4 atom stereocenters. The standard InChI is InChI=1S/C30H44N4O6.C29H42N4O6.C28H42N4O6/c1-19(2)20(3)34-24(29-25(39-4)12-9-13-26(29)40-5)17-23(33-34)30(38)32-22(16-27(35)31-18-28(36)37)15-14-21-10-7-6-8-11-21;1-19(2)18-33-23(28-24(38-3)11-8-12-25(28)39-4)16-22(32-33)29(37)31-21(15-26(34)30-17-27(35)36)14-13-20-9-6-5-7-10-20;1-9-19(10-2)16-32-22(26-23(36-6)12-11-13-24(26)37-7)15-20(30-32)27(34)29-21(14-18(3)4)28(35)31(5)17-25(33)38-8/h9,12-13,17,19-22H,6-8,10-11,14-16,18H2,1-5H3,(H,31,35)(H,32,38)(H,36,37);8,11-12,16,19-21H,5-7,9-10,13-15,17-18H2,1-4H3,(H,30,34)(H,31,37)(H,35,36);11-13,15,18-19,21H,9-10,14,16-17H2,1-8H3,(H,29,34)/t20?,22-;2*21-/m000/s1. The highest BCUT2D eigenvalue weighted by Gasteiger charge is 2.33. The maximum atomic E-state index is 13.6. The van der Waals surface area contributed by atoms with E-state index in [1.165, 1.54) is 57.6 Å². The molecule has 8 rings (SSSR count). The fourth-order valence-corrected chi connectivity index (χ4v) is 14.7. The van der Waals surface area contributed by atoms with Gasteiger partial charge in [-0.1, -0.05) is 151 Å². The molecule has 3 aromatic carbocycles. The van der Waals surface area contributed by atoms with Gasteiger partial charge in [-0.25, -0.2) is 0 Å². The zero-order valence-corrected chi connectivity index (χ0v) is 71.7. The number of hydrogen-bond acceptors (Lipinski definition) is 19. The first-order valence-corrected chi connectivity index (χ1v) is 41.1. The number of carbonyl (C=O) groups excluding carboxylic acids is 7. The van der Waals surface area contributed by atoms with Crippen LogP contribution >= 0.6 is 0 Å². The summed E-state index contributed by atoms with van der Waals surface area (Å²) in [6.07, 6.45) is 17.4. The maximum Gasteiger partial charge on any atom is 0.325 e. The Kier molecular flexibility index (Phi) is 39.1. The van der Waals surface area contributed by atoms with Crippen LogP contribution in [0.1, 0.15) is 222 Å². The molecular formula is C87H128N12O18. The molecule has 6 amide bonds. The number of nitrogens with zero attached hydrogens (tertiary/aromatic N) is 7. The van der Waals surface area contributed by atoms with Gasteiger partial charge in [0.15, 0.2) is 17.1 Å². The average molecular weight is 1630 g/mol. The monoisotopic (exact) mass is 1630 g/mol. The summed E-state index contributed by atoms with van der Waals surface area (Å²) in [6.45, 7) is 18.6. The second kappa shape index (κ2) is 48.1. The van der Waals surface area contributed by atoms with Crippen molar-refractivity contribution in [2.24, 2.45) is 35.5 Å². The third kappa shape index (κ3) is 28.9. The van der Waals surface area contributed by atoms with Crippen molar-refractivity contribution in [1.29, 1.82) is 0 Å². The van der Waals surface area contributed by atoms with E-state index < -0.39 is 66.8 Å². The molecule has 0 saturated heterocycles. The van der Waals surface area contributed by atoms with Crippen LogP contribution in [0.15, 0.2) is 72.8 Å². The number of rotatable bonds is 42. The minimum absolute atomic E-state index is 0.00202. The van der Waals surface area contributed by atoms with Crippen LogP contribution in [0.5, 0.6) is 34.5 Å². The van der Waals surface area contributed by atoms with Crippen LogP contribution < -0.4 is 55.0 Å². The summed E-state index contributed by atoms with van der Waals surface area (Å²) in [4.78, 5) is 113. The zero-order valence-electron chi connectivity index (χ0n) is 71.7. The number of carboxylic acid groups (broad SMARTS) is 2. The highest BCUT2D eigenvalue weighted by Crippen LogP contribution is 2.43. The summed E-state index contributed by atoms with van der Waals surface area (Å²) in [5, 5.41) is 45.6. The fourth-order valence-electron chi connectivity index (χ4n) is 14.7. The summed E-state index contributed by atoms with van der Waals surface area (Å²) in [5.41, 5.74) is 4.81. The number of hydrogen-bond donors (Lipinski definition) is 7. The molecule has 30 heteroatoms. The average Bonchev–Trinajstić information content (AvgIpc) is 1.66. The lowest BCUT2D eigenvalue weighted by atomic mass is 9.85. The van der Waals surface area contributed by atoms with Gasteiger partial charge in [0.1, 0.15) is 60.2 Å². The lowest BCUT2D eigenvalue weighted by Gasteiger charge is -2.24. The van der Waals surface area contributed by atoms with Crippen LogP contribution in [0, 0.1) is 35.5 Å². The molecule has 0 spiro atoms. The molecule has 1 unspecified atom stereocenters. The molecule has 2 fully saturated rings. The zero-order chi connectivity index (χ0) is 86.0. The Bertz CT molecular complexity index is 4140. The predicted molar refractivity (Wildman–Crippen MR) is 446 cm³/mol. The fraction of sp³-hybridized carbons (Fsp3) is 0.586. The molecule has 3 aromatic heterocycles. The molecule has 7 N–H and O–H groups in total. The van der Waals surface area contributed by atoms with E-state index in [0.29, 0.717) is 118 Å². The number of methoxy groups -OCH3 is 7. The summed E-state index contributed by atoms with van der Waals surface area (Å²) in [7, 11) is 12.3. The predicted octanol–water partition coefficient (Wildman–Crippen LogP) is 12.9. The molecule has 0 radical (unpaired) electrons. The van der Waals surface area contributed by atoms with Crippen LogP contribution in [0.2, 0.25) is 0 Å². The van der Waals surface area contributed by atoms with Crippen LogP contribution in [-0.4, -0.2) is 192 Å². The van der Waals surface area contributed by atoms with Crippen molar-refractivity contribution in [2.45, 2.75) is 222 Å². The van der Waals surface area contributed by atoms with Gasteiger partial charge in [0.05, 0.1) is 89.6 Å². The number of carbonyl (C=O) groups is 9. The number of aliphatic carboxylic acids is 2. The molecule has 2 aliphatic carbocycles. The second-order valence-corrected chi connectivity index (χ2v) is 31.4. The first-order chi connectivity index (χ1) is 55.9. The highest BCUT2D eigenvalue weighted by atomic mass is 16.5. The third-order valence-corrected chi connectivity index (χ3v) is 21.5. The van der Waals surface area contributed by atoms with Gasteiger partial charge in [0.25, 0.3) is 17.7 Å². The largest absolute Gasteiger partial charge is 0.496 e. The van der Waals surface area contributed by atoms with Gasteiger partial charge in [-0.15, -0.1) is 0 Å². The van der Waals surface area contributed by atoms with E-state index in [-0.39, 0.29) is 78.0 Å². The molecule has 30 nitrogen and oxygen atoms in total. The van der Waals surface area contributed by atoms with Crippen molar-refractivity contribution in [3.05, 3.63) is 89.9 Å². The minimum Gasteiger partial charge on any atom is -0.496 e. The van der Waals surface area contributed by atoms with E-state index in [0.717, 1.165) is 51.4 Å². The molecule has 644 valence electrons. The Morgan fingerprint density at radius 3 is 1.21 bits per heavy atom. The van der Waals surface area contributed by atoms with E-state index in [1.807, 2.05) is 84.7 Å². The molecule has 0 aliphatic heterocycles. The number of carboxylic acids is 2. The number of likely N-dealkylation sites (N-methyl/N-ethyl adjacent to an activating group) is 1. The number of benzene rings is 3. The van der Waals surface area contributed by atoms with E-state index in [1.54, 1.807) is 65.5 Å². The number of aromatic nitrogens is 6. The summed E-state index contributed by atoms with van der Waals surface area (Å²) < 4.78 is 43.8. The third-order valence-electron chi connectivity index (χ3n) is 21.5. The van der Waals surface area contributed by atoms with E-state index in [9.17, 15) is 43.2 Å². The van der Waals surface area contributed by atoms with Crippen molar-refractivity contribution in [2.75, 3.05) is 76.5 Å². The summed E-state index contributed by atoms with van der Waals surface area (Å²) in [6, 6.07) is 19.9. The van der Waals surface area contributed by atoms with Crippen molar-refractivity contribution in [3.8, 4) is 68.3 Å². The topological polar surface area (TPSA) is 376 Å².